The van der Waals surface area contributed by atoms with Crippen LogP contribution in [0.3, 0.4) is 0 Å². The molecule has 2 aromatic heterocycles. The van der Waals surface area contributed by atoms with Gasteiger partial charge in [-0.2, -0.15) is 31.1 Å². The molecule has 1 aliphatic heterocycles. The van der Waals surface area contributed by atoms with Gasteiger partial charge in [-0.05, 0) is 61.7 Å². The van der Waals surface area contributed by atoms with E-state index in [0.717, 1.165) is 4.80 Å². The number of rotatable bonds is 7. The van der Waals surface area contributed by atoms with Crippen LogP contribution < -0.4 is 14.5 Å². The van der Waals surface area contributed by atoms with Gasteiger partial charge in [0.15, 0.2) is 0 Å². The number of tetrazole rings is 1. The minimum atomic E-state index is -5.03. The summed E-state index contributed by atoms with van der Waals surface area (Å²) in [5.74, 6) is 0.119. The van der Waals surface area contributed by atoms with Crippen molar-refractivity contribution in [2.45, 2.75) is 70.7 Å². The first kappa shape index (κ1) is 30.8. The Morgan fingerprint density at radius 2 is 1.74 bits per heavy atom. The Balaban J connectivity index is 1.89. The first-order valence-corrected chi connectivity index (χ1v) is 13.0. The molecule has 10 nitrogen and oxygen atoms in total. The molecule has 2 atom stereocenters. The van der Waals surface area contributed by atoms with Crippen LogP contribution in [0.15, 0.2) is 30.3 Å². The highest BCUT2D eigenvalue weighted by atomic mass is 19.4. The molecule has 0 spiro atoms. The molecule has 0 N–H and O–H groups in total. The van der Waals surface area contributed by atoms with E-state index in [1.807, 2.05) is 6.92 Å². The fourth-order valence-electron chi connectivity index (χ4n) is 4.83. The molecule has 42 heavy (non-hydrogen) atoms. The van der Waals surface area contributed by atoms with Crippen LogP contribution in [0.5, 0.6) is 5.88 Å². The van der Waals surface area contributed by atoms with Crippen molar-refractivity contribution in [3.8, 4) is 5.88 Å². The molecule has 3 aromatic rings. The molecule has 0 unspecified atom stereocenters. The quantitative estimate of drug-likeness (QED) is 0.307. The SMILES string of the molecule is CC[C@H]1C[C@@H](N(Cc2cc(C(F)(F)F)cc(C(F)(F)F)c2)c2nnn(C)n2)c2nc(OC)ccc2N1C(=O)OC(C)C. The van der Waals surface area contributed by atoms with E-state index in [0.29, 0.717) is 24.2 Å². The highest BCUT2D eigenvalue weighted by Crippen LogP contribution is 2.44. The van der Waals surface area contributed by atoms with Gasteiger partial charge in [0, 0.05) is 18.7 Å². The highest BCUT2D eigenvalue weighted by Gasteiger charge is 2.42. The third-order valence-electron chi connectivity index (χ3n) is 6.66. The van der Waals surface area contributed by atoms with Crippen molar-refractivity contribution >= 4 is 17.7 Å². The number of nitrogens with zero attached hydrogens (tertiary/aromatic N) is 7. The van der Waals surface area contributed by atoms with Crippen molar-refractivity contribution in [3.05, 3.63) is 52.7 Å². The van der Waals surface area contributed by atoms with Crippen LogP contribution in [0, 0.1) is 0 Å². The van der Waals surface area contributed by atoms with Gasteiger partial charge in [0.1, 0.15) is 0 Å². The summed E-state index contributed by atoms with van der Waals surface area (Å²) in [6.07, 6.45) is -10.5. The number of pyridine rings is 1. The smallest absolute Gasteiger partial charge is 0.416 e. The largest absolute Gasteiger partial charge is 0.481 e. The number of benzene rings is 1. The number of hydrogen-bond acceptors (Lipinski definition) is 8. The number of fused-ring (bicyclic) bond motifs is 1. The lowest BCUT2D eigenvalue weighted by Gasteiger charge is -2.43. The van der Waals surface area contributed by atoms with E-state index in [1.165, 1.54) is 30.0 Å². The Morgan fingerprint density at radius 1 is 1.10 bits per heavy atom. The zero-order valence-corrected chi connectivity index (χ0v) is 23.4. The van der Waals surface area contributed by atoms with Gasteiger partial charge in [-0.15, -0.1) is 5.10 Å². The van der Waals surface area contributed by atoms with Crippen LogP contribution in [0.2, 0.25) is 0 Å². The average molecular weight is 602 g/mol. The van der Waals surface area contributed by atoms with Crippen LogP contribution in [-0.2, 0) is 30.7 Å². The average Bonchev–Trinajstić information content (AvgIpc) is 3.34. The zero-order valence-electron chi connectivity index (χ0n) is 23.4. The van der Waals surface area contributed by atoms with Gasteiger partial charge in [0.25, 0.3) is 5.95 Å². The molecule has 228 valence electrons. The molecular formula is C26H29F6N7O3. The topological polar surface area (TPSA) is 98.5 Å². The normalized spacial score (nSPS) is 17.3. The molecular weight excluding hydrogens is 572 g/mol. The summed E-state index contributed by atoms with van der Waals surface area (Å²) in [6.45, 7) is 4.77. The maximum absolute atomic E-state index is 13.6. The monoisotopic (exact) mass is 601 g/mol. The molecule has 16 heteroatoms. The first-order chi connectivity index (χ1) is 19.6. The third-order valence-corrected chi connectivity index (χ3v) is 6.66. The number of halogens is 6. The predicted octanol–water partition coefficient (Wildman–Crippen LogP) is 5.93. The summed E-state index contributed by atoms with van der Waals surface area (Å²) >= 11 is 0. The minimum Gasteiger partial charge on any atom is -0.481 e. The molecule has 0 saturated carbocycles. The van der Waals surface area contributed by atoms with Crippen molar-refractivity contribution < 1.29 is 40.6 Å². The van der Waals surface area contributed by atoms with Crippen LogP contribution in [0.1, 0.15) is 62.0 Å². The van der Waals surface area contributed by atoms with Crippen molar-refractivity contribution in [2.75, 3.05) is 16.9 Å². The van der Waals surface area contributed by atoms with Gasteiger partial charge in [0.05, 0.1) is 48.8 Å². The van der Waals surface area contributed by atoms with E-state index >= 15 is 0 Å². The highest BCUT2D eigenvalue weighted by molar-refractivity contribution is 5.90. The number of carbonyl (C=O) groups excluding carboxylic acids is 1. The molecule has 1 aromatic carbocycles. The van der Waals surface area contributed by atoms with Gasteiger partial charge in [-0.3, -0.25) is 4.90 Å². The van der Waals surface area contributed by atoms with Gasteiger partial charge >= 0.3 is 18.4 Å². The number of amides is 1. The fourth-order valence-corrected chi connectivity index (χ4v) is 4.83. The number of carbonyl (C=O) groups is 1. The molecule has 1 aliphatic rings. The van der Waals surface area contributed by atoms with E-state index in [4.69, 9.17) is 9.47 Å². The van der Waals surface area contributed by atoms with E-state index in [2.05, 4.69) is 20.4 Å². The standard InChI is InChI=1S/C26H29F6N7O3/c1-6-18-12-20(22-19(7-8-21(33-22)41-5)39(18)24(40)42-14(2)3)38(23-34-36-37(4)35-23)13-15-9-16(25(27,28)29)11-17(10-15)26(30,31)32/h7-11,14,18,20H,6,12-13H2,1-5H3/t18-,20+/m0/s1. The maximum atomic E-state index is 13.6. The van der Waals surface area contributed by atoms with E-state index in [-0.39, 0.29) is 35.6 Å². The lowest BCUT2D eigenvalue weighted by atomic mass is 9.92. The van der Waals surface area contributed by atoms with Gasteiger partial charge in [-0.25, -0.2) is 9.78 Å². The molecule has 0 radical (unpaired) electrons. The number of aryl methyl sites for hydroxylation is 1. The number of aromatic nitrogens is 5. The molecule has 4 rings (SSSR count). The zero-order chi connectivity index (χ0) is 31.0. The van der Waals surface area contributed by atoms with Gasteiger partial charge < -0.3 is 14.4 Å². The van der Waals surface area contributed by atoms with E-state index < -0.39 is 54.3 Å². The lowest BCUT2D eigenvalue weighted by Crippen LogP contribution is -2.48. The van der Waals surface area contributed by atoms with Crippen molar-refractivity contribution in [3.63, 3.8) is 0 Å². The van der Waals surface area contributed by atoms with Crippen molar-refractivity contribution in [2.24, 2.45) is 7.05 Å². The maximum Gasteiger partial charge on any atom is 0.416 e. The predicted molar refractivity (Wildman–Crippen MR) is 138 cm³/mol. The van der Waals surface area contributed by atoms with Crippen LogP contribution in [0.4, 0.5) is 42.8 Å². The fraction of sp³-hybridized carbons (Fsp3) is 0.500. The number of methoxy groups -OCH3 is 1. The lowest BCUT2D eigenvalue weighted by molar-refractivity contribution is -0.143. The number of hydrogen-bond donors (Lipinski definition) is 0. The number of alkyl halides is 6. The first-order valence-electron chi connectivity index (χ1n) is 13.0. The van der Waals surface area contributed by atoms with Crippen LogP contribution >= 0.6 is 0 Å². The van der Waals surface area contributed by atoms with Gasteiger partial charge in [0.2, 0.25) is 5.88 Å². The van der Waals surface area contributed by atoms with Crippen LogP contribution in [-0.4, -0.2) is 50.5 Å². The summed E-state index contributed by atoms with van der Waals surface area (Å²) in [4.78, 5) is 21.7. The van der Waals surface area contributed by atoms with Crippen molar-refractivity contribution in [1.29, 1.82) is 0 Å². The Kier molecular flexibility index (Phi) is 8.55. The van der Waals surface area contributed by atoms with Crippen molar-refractivity contribution in [1.82, 2.24) is 25.2 Å². The Hall–Kier alpha value is -4.11. The Labute approximate surface area is 237 Å². The Bertz CT molecular complexity index is 1390. The summed E-state index contributed by atoms with van der Waals surface area (Å²) in [5, 5.41) is 12.0. The summed E-state index contributed by atoms with van der Waals surface area (Å²) in [6, 6.07) is 3.24. The second-order valence-electron chi connectivity index (χ2n) is 9.99. The number of ether oxygens (including phenoxy) is 2. The summed E-state index contributed by atoms with van der Waals surface area (Å²) < 4.78 is 92.7. The molecule has 0 aliphatic carbocycles. The molecule has 1 amide bonds. The second kappa shape index (κ2) is 11.6. The third kappa shape index (κ3) is 6.51. The van der Waals surface area contributed by atoms with E-state index in [1.54, 1.807) is 19.9 Å². The number of anilines is 2. The molecule has 3 heterocycles. The molecule has 0 fully saturated rings. The minimum absolute atomic E-state index is 0.0582. The molecule has 0 bridgehead atoms. The summed E-state index contributed by atoms with van der Waals surface area (Å²) in [7, 11) is 2.85. The van der Waals surface area contributed by atoms with Crippen LogP contribution in [0.25, 0.3) is 0 Å². The summed E-state index contributed by atoms with van der Waals surface area (Å²) in [5.41, 5.74) is -2.56. The Morgan fingerprint density at radius 3 is 2.24 bits per heavy atom. The second-order valence-corrected chi connectivity index (χ2v) is 9.99. The van der Waals surface area contributed by atoms with E-state index in [9.17, 15) is 31.1 Å². The molecule has 0 saturated heterocycles. The van der Waals surface area contributed by atoms with Gasteiger partial charge in [-0.1, -0.05) is 12.0 Å².